The monoisotopic (exact) mass is 363 g/mol. The van der Waals surface area contributed by atoms with Crippen molar-refractivity contribution >= 4 is 24.5 Å². The fourth-order valence-electron chi connectivity index (χ4n) is 4.41. The summed E-state index contributed by atoms with van der Waals surface area (Å²) in [6.07, 6.45) is 1.76. The molecule has 2 aromatic rings. The molecule has 4 rings (SSSR count). The van der Waals surface area contributed by atoms with Crippen LogP contribution in [0, 0.1) is 5.92 Å². The van der Waals surface area contributed by atoms with Gasteiger partial charge >= 0.3 is 6.69 Å². The number of carbonyl (C=O) groups is 2. The molecule has 0 aliphatic carbocycles. The molecule has 3 unspecified atom stereocenters. The predicted octanol–water partition coefficient (Wildman–Crippen LogP) is 2.50. The molecule has 6 heteroatoms. The molecular weight excluding hydrogens is 341 g/mol. The van der Waals surface area contributed by atoms with E-state index in [0.29, 0.717) is 0 Å². The molecule has 4 atom stereocenters. The van der Waals surface area contributed by atoms with Crippen LogP contribution in [-0.4, -0.2) is 40.9 Å². The van der Waals surface area contributed by atoms with Gasteiger partial charge in [-0.25, -0.2) is 0 Å². The maximum Gasteiger partial charge on any atom is 0.549 e. The minimum atomic E-state index is -2.72. The third-order valence-corrected chi connectivity index (χ3v) is 6.06. The number of quaternary nitrogens is 1. The summed E-state index contributed by atoms with van der Waals surface area (Å²) < 4.78 is 5.57. The Labute approximate surface area is 158 Å². The SMILES string of the molecule is CC(c1ccccc1)[N@+]12CC(=O)C(C1)C(=O)O[B-]2(O)C=Cc1ccccc1. The smallest absolute Gasteiger partial charge is 0.549 e. The van der Waals surface area contributed by atoms with Crippen LogP contribution in [0.2, 0.25) is 0 Å². The van der Waals surface area contributed by atoms with Gasteiger partial charge in [-0.15, -0.1) is 5.98 Å². The number of carbonyl (C=O) groups excluding carboxylic acids is 2. The second-order valence-electron chi connectivity index (χ2n) is 7.52. The zero-order chi connectivity index (χ0) is 19.1. The number of benzene rings is 2. The third-order valence-electron chi connectivity index (χ3n) is 6.06. The first-order chi connectivity index (χ1) is 13.0. The Morgan fingerprint density at radius 1 is 1.11 bits per heavy atom. The fraction of sp³-hybridized carbons (Fsp3) is 0.238. The van der Waals surface area contributed by atoms with Gasteiger partial charge in [0.05, 0.1) is 12.6 Å². The molecule has 1 N–H and O–H groups in total. The van der Waals surface area contributed by atoms with Crippen molar-refractivity contribution in [3.8, 4) is 0 Å². The molecule has 0 spiro atoms. The summed E-state index contributed by atoms with van der Waals surface area (Å²) in [4.78, 5) is 24.9. The molecule has 0 aromatic heterocycles. The van der Waals surface area contributed by atoms with Crippen molar-refractivity contribution in [2.24, 2.45) is 5.92 Å². The van der Waals surface area contributed by atoms with Crippen LogP contribution in [0.25, 0.3) is 6.08 Å². The predicted molar refractivity (Wildman–Crippen MR) is 103 cm³/mol. The molecule has 2 aliphatic heterocycles. The third kappa shape index (κ3) is 2.81. The number of fused-ring (bicyclic) bond motifs is 2. The van der Waals surface area contributed by atoms with Crippen LogP contribution in [0.3, 0.4) is 0 Å². The summed E-state index contributed by atoms with van der Waals surface area (Å²) in [6.45, 7) is -0.387. The number of hydrogen-bond donors (Lipinski definition) is 1. The van der Waals surface area contributed by atoms with Crippen molar-refractivity contribution in [2.45, 2.75) is 13.0 Å². The van der Waals surface area contributed by atoms with Crippen LogP contribution in [-0.2, 0) is 14.2 Å². The Morgan fingerprint density at radius 2 is 1.74 bits per heavy atom. The molecule has 2 aliphatic rings. The topological polar surface area (TPSA) is 63.6 Å². The Morgan fingerprint density at radius 3 is 2.41 bits per heavy atom. The van der Waals surface area contributed by atoms with Crippen molar-refractivity contribution in [1.82, 2.24) is 0 Å². The van der Waals surface area contributed by atoms with E-state index < -0.39 is 18.6 Å². The average Bonchev–Trinajstić information content (AvgIpc) is 3.03. The number of nitrogens with zero attached hydrogens (tertiary/aromatic N) is 1. The van der Waals surface area contributed by atoms with E-state index >= 15 is 0 Å². The lowest BCUT2D eigenvalue weighted by molar-refractivity contribution is -0.865. The molecule has 0 amide bonds. The molecule has 27 heavy (non-hydrogen) atoms. The van der Waals surface area contributed by atoms with Gasteiger partial charge in [0.15, 0.2) is 5.92 Å². The molecule has 0 radical (unpaired) electrons. The maximum absolute atomic E-state index is 12.5. The van der Waals surface area contributed by atoms with E-state index in [4.69, 9.17) is 4.65 Å². The van der Waals surface area contributed by atoms with E-state index in [1.807, 2.05) is 67.6 Å². The zero-order valence-electron chi connectivity index (χ0n) is 15.2. The van der Waals surface area contributed by atoms with Crippen LogP contribution in [0.15, 0.2) is 66.6 Å². The zero-order valence-corrected chi connectivity index (χ0v) is 15.2. The van der Waals surface area contributed by atoms with Crippen molar-refractivity contribution in [3.63, 3.8) is 0 Å². The first-order valence-corrected chi connectivity index (χ1v) is 9.24. The Bertz CT molecular complexity index is 901. The lowest BCUT2D eigenvalue weighted by Gasteiger charge is -2.57. The number of ketones is 1. The van der Waals surface area contributed by atoms with Gasteiger partial charge in [-0.3, -0.25) is 9.59 Å². The van der Waals surface area contributed by atoms with Crippen molar-refractivity contribution in [2.75, 3.05) is 13.1 Å². The average molecular weight is 363 g/mol. The number of rotatable bonds is 4. The second kappa shape index (κ2) is 6.48. The quantitative estimate of drug-likeness (QED) is 0.670. The highest BCUT2D eigenvalue weighted by Gasteiger charge is 2.64. The highest BCUT2D eigenvalue weighted by molar-refractivity contribution is 6.67. The molecule has 2 saturated heterocycles. The van der Waals surface area contributed by atoms with E-state index in [1.54, 1.807) is 12.1 Å². The minimum absolute atomic E-state index is 0.0303. The molecule has 5 nitrogen and oxygen atoms in total. The minimum Gasteiger partial charge on any atom is -0.611 e. The maximum atomic E-state index is 12.5. The van der Waals surface area contributed by atoms with Gasteiger partial charge in [0, 0.05) is 5.56 Å². The summed E-state index contributed by atoms with van der Waals surface area (Å²) in [5, 5.41) is 11.5. The molecule has 138 valence electrons. The van der Waals surface area contributed by atoms with Gasteiger partial charge in [-0.1, -0.05) is 66.7 Å². The normalized spacial score (nSPS) is 31.1. The van der Waals surface area contributed by atoms with Crippen molar-refractivity contribution in [3.05, 3.63) is 77.8 Å². The first-order valence-electron chi connectivity index (χ1n) is 9.24. The highest BCUT2D eigenvalue weighted by Crippen LogP contribution is 2.44. The van der Waals surface area contributed by atoms with Crippen LogP contribution in [0.4, 0.5) is 0 Å². The molecule has 2 aromatic carbocycles. The summed E-state index contributed by atoms with van der Waals surface area (Å²) in [5.74, 6) is 0.00505. The highest BCUT2D eigenvalue weighted by atomic mass is 16.6. The van der Waals surface area contributed by atoms with E-state index in [2.05, 4.69) is 0 Å². The van der Waals surface area contributed by atoms with Crippen molar-refractivity contribution < 1.29 is 23.7 Å². The van der Waals surface area contributed by atoms with Crippen LogP contribution < -0.4 is 0 Å². The van der Waals surface area contributed by atoms with Gasteiger partial charge in [-0.2, -0.15) is 0 Å². The summed E-state index contributed by atoms with van der Waals surface area (Å²) >= 11 is 0. The van der Waals surface area contributed by atoms with E-state index in [1.165, 1.54) is 0 Å². The summed E-state index contributed by atoms with van der Waals surface area (Å²) in [7, 11) is 0. The van der Waals surface area contributed by atoms with Gasteiger partial charge in [0.1, 0.15) is 6.54 Å². The Kier molecular flexibility index (Phi) is 4.25. The number of Topliss-reactive ketones (excluding diaryl/α,β-unsaturated/α-hetero) is 1. The second-order valence-corrected chi connectivity index (χ2v) is 7.52. The molecule has 2 heterocycles. The number of hydrogen-bond acceptors (Lipinski definition) is 4. The Hall–Kier alpha value is -2.70. The van der Waals surface area contributed by atoms with E-state index in [9.17, 15) is 14.6 Å². The van der Waals surface area contributed by atoms with Crippen molar-refractivity contribution in [1.29, 1.82) is 0 Å². The summed E-state index contributed by atoms with van der Waals surface area (Å²) in [6, 6.07) is 19.1. The van der Waals surface area contributed by atoms with E-state index in [-0.39, 0.29) is 29.3 Å². The lowest BCUT2D eigenvalue weighted by Crippen LogP contribution is -2.72. The van der Waals surface area contributed by atoms with E-state index in [0.717, 1.165) is 11.1 Å². The van der Waals surface area contributed by atoms with Crippen LogP contribution >= 0.6 is 0 Å². The molecular formula is C21H22BNO4. The van der Waals surface area contributed by atoms with Crippen LogP contribution in [0.5, 0.6) is 0 Å². The largest absolute Gasteiger partial charge is 0.611 e. The lowest BCUT2D eigenvalue weighted by atomic mass is 9.63. The Balaban J connectivity index is 1.79. The van der Waals surface area contributed by atoms with Gasteiger partial charge in [0.25, 0.3) is 5.97 Å². The molecule has 0 saturated carbocycles. The summed E-state index contributed by atoms with van der Waals surface area (Å²) in [5.41, 5.74) is 1.89. The molecule has 2 fully saturated rings. The fourth-order valence-corrected chi connectivity index (χ4v) is 4.41. The van der Waals surface area contributed by atoms with Gasteiger partial charge in [0.2, 0.25) is 5.78 Å². The van der Waals surface area contributed by atoms with Gasteiger partial charge in [-0.05, 0) is 12.5 Å². The molecule has 2 bridgehead atoms. The van der Waals surface area contributed by atoms with Crippen LogP contribution in [0.1, 0.15) is 24.1 Å². The standard InChI is InChI=1S/C21H22BNO4/c1-16(18-10-6-3-7-11-18)23-14-19(20(24)15-23)21(25)27-22(23,26)13-12-17-8-4-2-5-9-17/h2-13,16,19,26H,14-15H2,1H3/t16?,19?,22?,23-/m1/s1. The first kappa shape index (κ1) is 17.7. The van der Waals surface area contributed by atoms with Gasteiger partial charge < -0.3 is 14.1 Å².